The van der Waals surface area contributed by atoms with E-state index in [9.17, 15) is 19.4 Å². The number of hydrogen-bond donors (Lipinski definition) is 3. The number of unbranched alkanes of at least 4 members (excludes halogenated alkanes) is 3. The van der Waals surface area contributed by atoms with E-state index in [0.29, 0.717) is 6.42 Å². The lowest BCUT2D eigenvalue weighted by Gasteiger charge is -2.18. The zero-order chi connectivity index (χ0) is 19.2. The minimum Gasteiger partial charge on any atom is -0.390 e. The minimum absolute atomic E-state index is 0.0852. The minimum atomic E-state index is -4.22. The van der Waals surface area contributed by atoms with E-state index in [4.69, 9.17) is 19.5 Å². The lowest BCUT2D eigenvalue weighted by Crippen LogP contribution is -2.28. The molecule has 1 unspecified atom stereocenters. The van der Waals surface area contributed by atoms with Gasteiger partial charge in [0.1, 0.15) is 18.1 Å². The van der Waals surface area contributed by atoms with Crippen LogP contribution < -0.4 is 11.4 Å². The molecule has 1 aliphatic rings. The number of phosphoric ester groups is 1. The van der Waals surface area contributed by atoms with Gasteiger partial charge in [-0.3, -0.25) is 13.6 Å². The van der Waals surface area contributed by atoms with Gasteiger partial charge in [0.25, 0.3) is 0 Å². The number of ether oxygens (including phenoxy) is 1. The van der Waals surface area contributed by atoms with Gasteiger partial charge in [-0.1, -0.05) is 26.2 Å². The van der Waals surface area contributed by atoms with Crippen molar-refractivity contribution in [3.63, 3.8) is 0 Å². The van der Waals surface area contributed by atoms with Crippen molar-refractivity contribution in [2.24, 2.45) is 0 Å². The van der Waals surface area contributed by atoms with Crippen LogP contribution in [0.1, 0.15) is 45.3 Å². The van der Waals surface area contributed by atoms with Gasteiger partial charge < -0.3 is 20.5 Å². The quantitative estimate of drug-likeness (QED) is 0.395. The summed E-state index contributed by atoms with van der Waals surface area (Å²) in [5.74, 6) is 0.0852. The van der Waals surface area contributed by atoms with E-state index < -0.39 is 31.9 Å². The van der Waals surface area contributed by atoms with Crippen LogP contribution in [0.25, 0.3) is 0 Å². The molecule has 1 fully saturated rings. The molecule has 1 aliphatic heterocycles. The van der Waals surface area contributed by atoms with E-state index in [1.165, 1.54) is 16.8 Å². The fraction of sp³-hybridized carbons (Fsp3) is 0.733. The molecule has 4 N–H and O–H groups in total. The molecule has 26 heavy (non-hydrogen) atoms. The van der Waals surface area contributed by atoms with Crippen LogP contribution in [-0.2, 0) is 18.3 Å². The molecule has 0 spiro atoms. The summed E-state index contributed by atoms with van der Waals surface area (Å²) in [4.78, 5) is 25.1. The summed E-state index contributed by atoms with van der Waals surface area (Å²) >= 11 is 0. The summed E-state index contributed by atoms with van der Waals surface area (Å²) in [5.41, 5.74) is 4.83. The highest BCUT2D eigenvalue weighted by molar-refractivity contribution is 7.47. The summed E-state index contributed by atoms with van der Waals surface area (Å²) in [6.07, 6.45) is 2.61. The van der Waals surface area contributed by atoms with E-state index >= 15 is 0 Å². The molecule has 2 rings (SSSR count). The second-order valence-corrected chi connectivity index (χ2v) is 7.59. The van der Waals surface area contributed by atoms with Crippen molar-refractivity contribution in [3.05, 3.63) is 22.7 Å². The van der Waals surface area contributed by atoms with Gasteiger partial charge in [-0.2, -0.15) is 4.98 Å². The fourth-order valence-electron chi connectivity index (χ4n) is 2.59. The van der Waals surface area contributed by atoms with Gasteiger partial charge in [0.05, 0.1) is 19.3 Å². The standard InChI is InChI=1S/C15H26N3O7P/c1-2-3-4-5-8-23-26(21,22)24-10-12-11(19)9-14(25-12)18-7-6-13(16)17-15(18)20/h6-7,11-12,14,19H,2-5,8-10H2,1H3,(H,21,22)(H2,16,17,20)/t11-,12+,14+/m0/s1. The number of aliphatic hydroxyl groups is 1. The first-order chi connectivity index (χ1) is 12.3. The molecule has 0 amide bonds. The normalized spacial score (nSPS) is 25.3. The maximum absolute atomic E-state index is 11.8. The molecule has 4 atom stereocenters. The predicted octanol–water partition coefficient (Wildman–Crippen LogP) is 1.19. The van der Waals surface area contributed by atoms with Crippen LogP contribution in [0, 0.1) is 0 Å². The molecule has 1 aromatic rings. The van der Waals surface area contributed by atoms with Crippen molar-refractivity contribution < 1.29 is 28.3 Å². The van der Waals surface area contributed by atoms with Crippen LogP contribution in [0.4, 0.5) is 5.82 Å². The zero-order valence-corrected chi connectivity index (χ0v) is 15.6. The Morgan fingerprint density at radius 2 is 2.19 bits per heavy atom. The molecule has 11 heteroatoms. The Hall–Kier alpha value is -1.29. The average Bonchev–Trinajstić information content (AvgIpc) is 2.93. The third-order valence-corrected chi connectivity index (χ3v) is 5.00. The molecule has 10 nitrogen and oxygen atoms in total. The Labute approximate surface area is 151 Å². The molecule has 1 saturated heterocycles. The summed E-state index contributed by atoms with van der Waals surface area (Å²) in [7, 11) is -4.22. The summed E-state index contributed by atoms with van der Waals surface area (Å²) in [6.45, 7) is 1.85. The largest absolute Gasteiger partial charge is 0.472 e. The maximum Gasteiger partial charge on any atom is 0.472 e. The lowest BCUT2D eigenvalue weighted by molar-refractivity contribution is -0.0464. The van der Waals surface area contributed by atoms with Crippen LogP contribution in [0.3, 0.4) is 0 Å². The Morgan fingerprint density at radius 3 is 2.88 bits per heavy atom. The van der Waals surface area contributed by atoms with Crippen molar-refractivity contribution in [1.82, 2.24) is 9.55 Å². The van der Waals surface area contributed by atoms with Crippen LogP contribution in [0.5, 0.6) is 0 Å². The highest BCUT2D eigenvalue weighted by atomic mass is 31.2. The second-order valence-electron chi connectivity index (χ2n) is 6.13. The highest BCUT2D eigenvalue weighted by Crippen LogP contribution is 2.44. The summed E-state index contributed by atoms with van der Waals surface area (Å²) in [5, 5.41) is 10.1. The third-order valence-electron chi connectivity index (χ3n) is 4.02. The van der Waals surface area contributed by atoms with Gasteiger partial charge in [-0.15, -0.1) is 0 Å². The number of hydrogen-bond acceptors (Lipinski definition) is 8. The summed E-state index contributed by atoms with van der Waals surface area (Å²) in [6, 6.07) is 1.44. The first-order valence-corrected chi connectivity index (χ1v) is 10.1. The molecule has 1 aromatic heterocycles. The highest BCUT2D eigenvalue weighted by Gasteiger charge is 2.37. The molecular weight excluding hydrogens is 365 g/mol. The van der Waals surface area contributed by atoms with E-state index in [1.807, 2.05) is 0 Å². The SMILES string of the molecule is CCCCCCOP(=O)(O)OC[C@H]1O[C@@H](n2ccc(N)nc2=O)C[C@@H]1O. The molecule has 148 valence electrons. The first-order valence-electron chi connectivity index (χ1n) is 8.62. The topological polar surface area (TPSA) is 146 Å². The number of nitrogens with zero attached hydrogens (tertiary/aromatic N) is 2. The van der Waals surface area contributed by atoms with E-state index in [2.05, 4.69) is 11.9 Å². The molecule has 0 saturated carbocycles. The first kappa shape index (κ1) is 21.0. The van der Waals surface area contributed by atoms with Crippen molar-refractivity contribution >= 4 is 13.6 Å². The van der Waals surface area contributed by atoms with Crippen LogP contribution in [-0.4, -0.2) is 45.0 Å². The predicted molar refractivity (Wildman–Crippen MR) is 93.3 cm³/mol. The van der Waals surface area contributed by atoms with Crippen LogP contribution in [0.15, 0.2) is 17.1 Å². The molecule has 0 aliphatic carbocycles. The summed E-state index contributed by atoms with van der Waals surface area (Å²) < 4.78 is 28.4. The molecule has 2 heterocycles. The van der Waals surface area contributed by atoms with Gasteiger partial charge in [0, 0.05) is 12.6 Å². The number of aromatic nitrogens is 2. The monoisotopic (exact) mass is 391 g/mol. The fourth-order valence-corrected chi connectivity index (χ4v) is 3.36. The van der Waals surface area contributed by atoms with Gasteiger partial charge in [-0.25, -0.2) is 9.36 Å². The number of nitrogens with two attached hydrogens (primary N) is 1. The zero-order valence-electron chi connectivity index (χ0n) is 14.7. The van der Waals surface area contributed by atoms with Crippen molar-refractivity contribution in [2.75, 3.05) is 18.9 Å². The molecular formula is C15H26N3O7P. The van der Waals surface area contributed by atoms with Crippen molar-refractivity contribution in [3.8, 4) is 0 Å². The van der Waals surface area contributed by atoms with Crippen LogP contribution >= 0.6 is 7.82 Å². The van der Waals surface area contributed by atoms with E-state index in [-0.39, 0.29) is 25.5 Å². The smallest absolute Gasteiger partial charge is 0.390 e. The van der Waals surface area contributed by atoms with Gasteiger partial charge in [0.15, 0.2) is 0 Å². The number of rotatable bonds is 10. The molecule has 0 radical (unpaired) electrons. The maximum atomic E-state index is 11.8. The van der Waals surface area contributed by atoms with Gasteiger partial charge in [0.2, 0.25) is 0 Å². The Morgan fingerprint density at radius 1 is 1.42 bits per heavy atom. The molecule has 0 bridgehead atoms. The number of anilines is 1. The number of phosphoric acid groups is 1. The number of aliphatic hydroxyl groups excluding tert-OH is 1. The Bertz CT molecular complexity index is 683. The number of nitrogen functional groups attached to an aromatic ring is 1. The van der Waals surface area contributed by atoms with Gasteiger partial charge in [-0.05, 0) is 12.5 Å². The van der Waals surface area contributed by atoms with Gasteiger partial charge >= 0.3 is 13.5 Å². The van der Waals surface area contributed by atoms with Crippen molar-refractivity contribution in [2.45, 2.75) is 57.5 Å². The third kappa shape index (κ3) is 6.15. The van der Waals surface area contributed by atoms with Crippen molar-refractivity contribution in [1.29, 1.82) is 0 Å². The average molecular weight is 391 g/mol. The van der Waals surface area contributed by atoms with Crippen LogP contribution in [0.2, 0.25) is 0 Å². The lowest BCUT2D eigenvalue weighted by atomic mass is 10.2. The molecule has 0 aromatic carbocycles. The Balaban J connectivity index is 1.82. The second kappa shape index (κ2) is 9.59. The van der Waals surface area contributed by atoms with E-state index in [1.54, 1.807) is 0 Å². The Kier molecular flexibility index (Phi) is 7.75. The van der Waals surface area contributed by atoms with E-state index in [0.717, 1.165) is 19.3 Å².